The third kappa shape index (κ3) is 4.33. The summed E-state index contributed by atoms with van der Waals surface area (Å²) in [6.45, 7) is 0.977. The zero-order valence-electron chi connectivity index (χ0n) is 15.4. The molecule has 0 fully saturated rings. The molecule has 0 aliphatic carbocycles. The van der Waals surface area contributed by atoms with Gasteiger partial charge in [-0.15, -0.1) is 11.3 Å². The minimum absolute atomic E-state index is 0.0199. The molecule has 0 atom stereocenters. The smallest absolute Gasteiger partial charge is 0.298 e. The molecule has 0 aliphatic rings. The Kier molecular flexibility index (Phi) is 6.44. The van der Waals surface area contributed by atoms with E-state index in [-0.39, 0.29) is 21.9 Å². The average Bonchev–Trinajstić information content (AvgIpc) is 3.09. The Balaban J connectivity index is 2.16. The number of carbonyl (C=O) groups is 1. The van der Waals surface area contributed by atoms with E-state index >= 15 is 0 Å². The van der Waals surface area contributed by atoms with Crippen LogP contribution in [0.4, 0.5) is 22.1 Å². The van der Waals surface area contributed by atoms with E-state index in [1.165, 1.54) is 13.0 Å². The first kappa shape index (κ1) is 22.6. The highest BCUT2D eigenvalue weighted by Crippen LogP contribution is 2.41. The maximum absolute atomic E-state index is 13.3. The molecule has 0 radical (unpaired) electrons. The SMILES string of the molecule is CCS(=O)(=O)N(Cc1ccc(SF)c(C(F)(F)F)c1)c1sc2ccccc2c1C=O. The quantitative estimate of drug-likeness (QED) is 0.306. The highest BCUT2D eigenvalue weighted by Gasteiger charge is 2.35. The maximum atomic E-state index is 13.3. The minimum atomic E-state index is -4.80. The van der Waals surface area contributed by atoms with Gasteiger partial charge in [0.2, 0.25) is 10.0 Å². The van der Waals surface area contributed by atoms with Gasteiger partial charge in [0.1, 0.15) is 5.00 Å². The lowest BCUT2D eigenvalue weighted by Gasteiger charge is -2.23. The summed E-state index contributed by atoms with van der Waals surface area (Å²) < 4.78 is 79.9. The summed E-state index contributed by atoms with van der Waals surface area (Å²) in [7, 11) is -3.93. The van der Waals surface area contributed by atoms with Gasteiger partial charge in [0, 0.05) is 10.1 Å². The molecule has 1 heterocycles. The van der Waals surface area contributed by atoms with Gasteiger partial charge in [0.25, 0.3) is 0 Å². The van der Waals surface area contributed by atoms with Crippen molar-refractivity contribution < 1.29 is 30.3 Å². The molecule has 0 N–H and O–H groups in total. The van der Waals surface area contributed by atoms with E-state index in [9.17, 15) is 30.3 Å². The van der Waals surface area contributed by atoms with Crippen LogP contribution in [0.15, 0.2) is 47.4 Å². The van der Waals surface area contributed by atoms with Crippen LogP contribution in [0.5, 0.6) is 0 Å². The number of aldehydes is 1. The molecule has 160 valence electrons. The van der Waals surface area contributed by atoms with Gasteiger partial charge >= 0.3 is 6.18 Å². The molecule has 3 aromatic rings. The van der Waals surface area contributed by atoms with Gasteiger partial charge in [-0.3, -0.25) is 9.10 Å². The predicted molar refractivity (Wildman–Crippen MR) is 111 cm³/mol. The Morgan fingerprint density at radius 3 is 2.47 bits per heavy atom. The van der Waals surface area contributed by atoms with Crippen LogP contribution in [0.1, 0.15) is 28.4 Å². The lowest BCUT2D eigenvalue weighted by atomic mass is 10.1. The van der Waals surface area contributed by atoms with Gasteiger partial charge in [0.15, 0.2) is 6.29 Å². The fraction of sp³-hybridized carbons (Fsp3) is 0.211. The Morgan fingerprint density at radius 2 is 1.87 bits per heavy atom. The van der Waals surface area contributed by atoms with Crippen molar-refractivity contribution in [3.05, 3.63) is 59.2 Å². The molecule has 1 aromatic heterocycles. The molecule has 0 unspecified atom stereocenters. The summed E-state index contributed by atoms with van der Waals surface area (Å²) in [6, 6.07) is 9.77. The van der Waals surface area contributed by atoms with Crippen LogP contribution in [0.3, 0.4) is 0 Å². The molecular weight excluding hydrogens is 462 g/mol. The molecule has 0 aliphatic heterocycles. The topological polar surface area (TPSA) is 54.5 Å². The van der Waals surface area contributed by atoms with E-state index in [0.29, 0.717) is 16.4 Å². The lowest BCUT2D eigenvalue weighted by molar-refractivity contribution is -0.139. The summed E-state index contributed by atoms with van der Waals surface area (Å²) in [5, 5.41) is 0.689. The second-order valence-electron chi connectivity index (χ2n) is 6.25. The van der Waals surface area contributed by atoms with Crippen LogP contribution in [-0.2, 0) is 22.7 Å². The molecule has 11 heteroatoms. The van der Waals surface area contributed by atoms with Crippen molar-refractivity contribution in [2.75, 3.05) is 10.1 Å². The van der Waals surface area contributed by atoms with Crippen LogP contribution >= 0.6 is 23.5 Å². The van der Waals surface area contributed by atoms with Crippen LogP contribution in [-0.4, -0.2) is 20.5 Å². The number of anilines is 1. The number of halogens is 4. The van der Waals surface area contributed by atoms with E-state index in [1.54, 1.807) is 24.3 Å². The fourth-order valence-corrected chi connectivity index (χ4v) is 5.85. The standard InChI is InChI=1S/C19H15F4NO3S3/c1-2-30(26,27)24(18-14(11-25)13-5-3-4-6-16(13)28-18)10-12-7-8-17(29-23)15(9-12)19(20,21)22/h3-9,11H,2,10H2,1H3. The Labute approximate surface area is 178 Å². The first-order valence-electron chi connectivity index (χ1n) is 8.58. The van der Waals surface area contributed by atoms with Crippen LogP contribution in [0, 0.1) is 0 Å². The highest BCUT2D eigenvalue weighted by atomic mass is 32.2. The van der Waals surface area contributed by atoms with Crippen molar-refractivity contribution >= 4 is 54.9 Å². The van der Waals surface area contributed by atoms with Gasteiger partial charge < -0.3 is 0 Å². The van der Waals surface area contributed by atoms with Gasteiger partial charge in [-0.2, -0.15) is 17.1 Å². The van der Waals surface area contributed by atoms with Crippen molar-refractivity contribution in [1.82, 2.24) is 0 Å². The number of carbonyl (C=O) groups excluding carboxylic acids is 1. The molecule has 0 amide bonds. The number of rotatable bonds is 7. The molecule has 0 bridgehead atoms. The van der Waals surface area contributed by atoms with Gasteiger partial charge in [0.05, 0.1) is 40.5 Å². The number of hydrogen-bond donors (Lipinski definition) is 0. The maximum Gasteiger partial charge on any atom is 0.417 e. The second-order valence-corrected chi connectivity index (χ2v) is 10.1. The summed E-state index contributed by atoms with van der Waals surface area (Å²) in [6.07, 6.45) is -4.26. The summed E-state index contributed by atoms with van der Waals surface area (Å²) in [5.74, 6) is -0.315. The second kappa shape index (κ2) is 8.56. The van der Waals surface area contributed by atoms with Crippen LogP contribution in [0.25, 0.3) is 10.1 Å². The normalized spacial score (nSPS) is 12.3. The van der Waals surface area contributed by atoms with E-state index in [1.807, 2.05) is 0 Å². The molecule has 0 saturated carbocycles. The number of thiophene rings is 1. The molecular formula is C19H15F4NO3S3. The molecule has 4 nitrogen and oxygen atoms in total. The number of hydrogen-bond acceptors (Lipinski definition) is 5. The summed E-state index contributed by atoms with van der Waals surface area (Å²) in [5.41, 5.74) is -1.01. The first-order valence-corrected chi connectivity index (χ1v) is 11.7. The average molecular weight is 478 g/mol. The number of fused-ring (bicyclic) bond motifs is 1. The third-order valence-corrected chi connectivity index (χ3v) is 7.98. The lowest BCUT2D eigenvalue weighted by Crippen LogP contribution is -2.32. The Hall–Kier alpha value is -2.11. The fourth-order valence-electron chi connectivity index (χ4n) is 2.93. The van der Waals surface area contributed by atoms with E-state index in [0.717, 1.165) is 27.8 Å². The number of sulfonamides is 1. The predicted octanol–water partition coefficient (Wildman–Crippen LogP) is 6.07. The monoisotopic (exact) mass is 477 g/mol. The van der Waals surface area contributed by atoms with Crippen molar-refractivity contribution in [3.63, 3.8) is 0 Å². The van der Waals surface area contributed by atoms with Crippen LogP contribution < -0.4 is 4.31 Å². The summed E-state index contributed by atoms with van der Waals surface area (Å²) >= 11 is 0.534. The molecule has 0 spiro atoms. The zero-order chi connectivity index (χ0) is 22.1. The van der Waals surface area contributed by atoms with E-state index in [4.69, 9.17) is 0 Å². The van der Waals surface area contributed by atoms with Gasteiger partial charge in [-0.05, 0) is 30.7 Å². The third-order valence-electron chi connectivity index (χ3n) is 4.42. The van der Waals surface area contributed by atoms with Gasteiger partial charge in [-0.25, -0.2) is 8.42 Å². The Bertz CT molecular complexity index is 1190. The van der Waals surface area contributed by atoms with E-state index < -0.39 is 45.4 Å². The molecule has 3 rings (SSSR count). The number of benzene rings is 2. The van der Waals surface area contributed by atoms with E-state index in [2.05, 4.69) is 0 Å². The van der Waals surface area contributed by atoms with Crippen LogP contribution in [0.2, 0.25) is 0 Å². The Morgan fingerprint density at radius 1 is 1.17 bits per heavy atom. The molecule has 0 saturated heterocycles. The highest BCUT2D eigenvalue weighted by molar-refractivity contribution is 7.94. The van der Waals surface area contributed by atoms with Crippen molar-refractivity contribution in [1.29, 1.82) is 0 Å². The first-order chi connectivity index (χ1) is 14.1. The molecule has 30 heavy (non-hydrogen) atoms. The van der Waals surface area contributed by atoms with Crippen molar-refractivity contribution in [2.24, 2.45) is 0 Å². The number of alkyl halides is 3. The number of nitrogens with zero attached hydrogens (tertiary/aromatic N) is 1. The van der Waals surface area contributed by atoms with Gasteiger partial charge in [-0.1, -0.05) is 24.3 Å². The minimum Gasteiger partial charge on any atom is -0.298 e. The van der Waals surface area contributed by atoms with Crippen molar-refractivity contribution in [3.8, 4) is 0 Å². The largest absolute Gasteiger partial charge is 0.417 e. The van der Waals surface area contributed by atoms with Crippen molar-refractivity contribution in [2.45, 2.75) is 24.5 Å². The summed E-state index contributed by atoms with van der Waals surface area (Å²) in [4.78, 5) is 11.1. The zero-order valence-corrected chi connectivity index (χ0v) is 17.9. The molecule has 2 aromatic carbocycles.